The van der Waals surface area contributed by atoms with Crippen molar-refractivity contribution in [2.75, 3.05) is 18.1 Å². The van der Waals surface area contributed by atoms with E-state index in [4.69, 9.17) is 4.74 Å². The Morgan fingerprint density at radius 3 is 3.17 bits per heavy atom. The van der Waals surface area contributed by atoms with E-state index in [2.05, 4.69) is 27.8 Å². The van der Waals surface area contributed by atoms with E-state index in [1.807, 2.05) is 30.0 Å². The minimum atomic E-state index is -0.0960. The molecule has 4 rings (SSSR count). The summed E-state index contributed by atoms with van der Waals surface area (Å²) in [6.07, 6.45) is 2.93. The molecule has 6 heteroatoms. The Morgan fingerprint density at radius 1 is 1.42 bits per heavy atom. The maximum Gasteiger partial charge on any atom is 0.315 e. The first-order valence-electron chi connectivity index (χ1n) is 8.55. The summed E-state index contributed by atoms with van der Waals surface area (Å²) < 4.78 is 6.00. The highest BCUT2D eigenvalue weighted by Crippen LogP contribution is 2.38. The maximum atomic E-state index is 12.2. The van der Waals surface area contributed by atoms with Gasteiger partial charge in [0.1, 0.15) is 0 Å². The first-order chi connectivity index (χ1) is 11.7. The van der Waals surface area contributed by atoms with Crippen molar-refractivity contribution in [3.63, 3.8) is 0 Å². The van der Waals surface area contributed by atoms with Gasteiger partial charge in [-0.15, -0.1) is 0 Å². The molecule has 0 saturated carbocycles. The second-order valence-electron chi connectivity index (χ2n) is 6.73. The van der Waals surface area contributed by atoms with Gasteiger partial charge in [0.2, 0.25) is 0 Å². The Balaban J connectivity index is 1.30. The summed E-state index contributed by atoms with van der Waals surface area (Å²) in [5, 5.41) is 7.25. The summed E-state index contributed by atoms with van der Waals surface area (Å²) in [6.45, 7) is 1.25. The van der Waals surface area contributed by atoms with Crippen LogP contribution in [0.25, 0.3) is 10.9 Å². The van der Waals surface area contributed by atoms with Crippen molar-refractivity contribution < 1.29 is 9.53 Å². The van der Waals surface area contributed by atoms with E-state index < -0.39 is 0 Å². The van der Waals surface area contributed by atoms with Gasteiger partial charge < -0.3 is 20.4 Å². The molecule has 1 aromatic carbocycles. The summed E-state index contributed by atoms with van der Waals surface area (Å²) in [6, 6.07) is 10.3. The van der Waals surface area contributed by atoms with E-state index in [-0.39, 0.29) is 17.7 Å². The van der Waals surface area contributed by atoms with Gasteiger partial charge >= 0.3 is 6.03 Å². The van der Waals surface area contributed by atoms with E-state index in [0.717, 1.165) is 42.8 Å². The van der Waals surface area contributed by atoms with Gasteiger partial charge in [0.15, 0.2) is 0 Å². The van der Waals surface area contributed by atoms with Gasteiger partial charge in [-0.2, -0.15) is 11.8 Å². The predicted octanol–water partition coefficient (Wildman–Crippen LogP) is 3.02. The summed E-state index contributed by atoms with van der Waals surface area (Å²) in [7, 11) is 0. The fraction of sp³-hybridized carbons (Fsp3) is 0.500. The third-order valence-corrected chi connectivity index (χ3v) is 6.14. The van der Waals surface area contributed by atoms with E-state index in [9.17, 15) is 4.79 Å². The number of para-hydroxylation sites is 1. The second-order valence-corrected chi connectivity index (χ2v) is 7.84. The molecule has 0 radical (unpaired) electrons. The van der Waals surface area contributed by atoms with Crippen LogP contribution in [0.1, 0.15) is 25.0 Å². The molecule has 2 fully saturated rings. The Labute approximate surface area is 145 Å². The molecular formula is C18H23N3O2S. The van der Waals surface area contributed by atoms with Gasteiger partial charge in [0.05, 0.1) is 12.1 Å². The molecule has 2 saturated heterocycles. The Bertz CT molecular complexity index is 691. The lowest BCUT2D eigenvalue weighted by Crippen LogP contribution is -2.50. The van der Waals surface area contributed by atoms with Crippen molar-refractivity contribution in [3.05, 3.63) is 36.0 Å². The highest BCUT2D eigenvalue weighted by molar-refractivity contribution is 7.99. The number of aromatic nitrogens is 1. The molecule has 3 N–H and O–H groups in total. The number of amides is 2. The lowest BCUT2D eigenvalue weighted by atomic mass is 9.90. The Morgan fingerprint density at radius 2 is 2.33 bits per heavy atom. The quantitative estimate of drug-likeness (QED) is 0.801. The highest BCUT2D eigenvalue weighted by atomic mass is 32.2. The molecule has 2 atom stereocenters. The lowest BCUT2D eigenvalue weighted by Gasteiger charge is -2.37. The average molecular weight is 345 g/mol. The van der Waals surface area contributed by atoms with Crippen LogP contribution in [-0.4, -0.2) is 40.8 Å². The van der Waals surface area contributed by atoms with Crippen molar-refractivity contribution in [2.45, 2.75) is 37.5 Å². The van der Waals surface area contributed by atoms with Crippen LogP contribution in [0.5, 0.6) is 0 Å². The van der Waals surface area contributed by atoms with Crippen LogP contribution in [-0.2, 0) is 11.3 Å². The fourth-order valence-corrected chi connectivity index (χ4v) is 5.03. The van der Waals surface area contributed by atoms with Crippen LogP contribution in [0.2, 0.25) is 0 Å². The molecule has 5 nitrogen and oxygen atoms in total. The van der Waals surface area contributed by atoms with Gasteiger partial charge in [0.25, 0.3) is 0 Å². The molecule has 24 heavy (non-hydrogen) atoms. The fourth-order valence-electron chi connectivity index (χ4n) is 3.65. The van der Waals surface area contributed by atoms with Crippen LogP contribution < -0.4 is 10.6 Å². The number of rotatable bonds is 3. The summed E-state index contributed by atoms with van der Waals surface area (Å²) >= 11 is 1.95. The molecule has 128 valence electrons. The zero-order valence-electron chi connectivity index (χ0n) is 13.6. The van der Waals surface area contributed by atoms with Gasteiger partial charge in [-0.1, -0.05) is 18.2 Å². The van der Waals surface area contributed by atoms with E-state index >= 15 is 0 Å². The van der Waals surface area contributed by atoms with Crippen molar-refractivity contribution >= 4 is 28.7 Å². The maximum absolute atomic E-state index is 12.2. The molecule has 2 aliphatic rings. The minimum Gasteiger partial charge on any atom is -0.374 e. The first-order valence-corrected chi connectivity index (χ1v) is 9.71. The summed E-state index contributed by atoms with van der Waals surface area (Å²) in [5.41, 5.74) is 2.11. The zero-order valence-corrected chi connectivity index (χ0v) is 14.5. The molecule has 1 aromatic heterocycles. The number of hydrogen-bond donors (Lipinski definition) is 3. The third kappa shape index (κ3) is 3.39. The van der Waals surface area contributed by atoms with Gasteiger partial charge in [0, 0.05) is 29.6 Å². The van der Waals surface area contributed by atoms with Crippen molar-refractivity contribution in [3.8, 4) is 0 Å². The van der Waals surface area contributed by atoms with Crippen LogP contribution in [0.3, 0.4) is 0 Å². The molecule has 3 heterocycles. The first kappa shape index (κ1) is 15.8. The van der Waals surface area contributed by atoms with Crippen molar-refractivity contribution in [1.82, 2.24) is 15.6 Å². The number of ether oxygens (including phenoxy) is 1. The SMILES string of the molecule is O=C(NCc1cc2ccccc2[nH]1)N[C@H]1CCO[C@]2(CCSC2)C1. The van der Waals surface area contributed by atoms with Crippen LogP contribution in [0, 0.1) is 0 Å². The molecule has 2 aromatic rings. The number of carbonyl (C=O) groups is 1. The number of urea groups is 1. The number of fused-ring (bicyclic) bond motifs is 1. The minimum absolute atomic E-state index is 0.00194. The molecule has 0 bridgehead atoms. The van der Waals surface area contributed by atoms with E-state index in [1.165, 1.54) is 11.1 Å². The van der Waals surface area contributed by atoms with Crippen LogP contribution in [0.15, 0.2) is 30.3 Å². The highest BCUT2D eigenvalue weighted by Gasteiger charge is 2.40. The van der Waals surface area contributed by atoms with Crippen LogP contribution in [0.4, 0.5) is 4.79 Å². The monoisotopic (exact) mass is 345 g/mol. The summed E-state index contributed by atoms with van der Waals surface area (Å²) in [5.74, 6) is 2.22. The molecule has 0 unspecified atom stereocenters. The largest absolute Gasteiger partial charge is 0.374 e. The number of thioether (sulfide) groups is 1. The van der Waals surface area contributed by atoms with Gasteiger partial charge in [-0.05, 0) is 42.5 Å². The standard InChI is InChI=1S/C18H23N3O2S/c22-17(19-11-15-9-13-3-1-2-4-16(13)20-15)21-14-5-7-23-18(10-14)6-8-24-12-18/h1-4,9,14,20H,5-8,10-12H2,(H2,19,21,22)/t14-,18+/m0/s1. The topological polar surface area (TPSA) is 66.2 Å². The van der Waals surface area contributed by atoms with Crippen LogP contribution >= 0.6 is 11.8 Å². The van der Waals surface area contributed by atoms with Crippen molar-refractivity contribution in [1.29, 1.82) is 0 Å². The molecule has 0 aliphatic carbocycles. The number of nitrogens with one attached hydrogen (secondary N) is 3. The molecule has 2 amide bonds. The molecular weight excluding hydrogens is 322 g/mol. The number of aromatic amines is 1. The van der Waals surface area contributed by atoms with Crippen molar-refractivity contribution in [2.24, 2.45) is 0 Å². The number of carbonyl (C=O) groups excluding carboxylic acids is 1. The molecule has 2 aliphatic heterocycles. The number of hydrogen-bond acceptors (Lipinski definition) is 3. The van der Waals surface area contributed by atoms with Gasteiger partial charge in [-0.3, -0.25) is 0 Å². The smallest absolute Gasteiger partial charge is 0.315 e. The number of benzene rings is 1. The lowest BCUT2D eigenvalue weighted by molar-refractivity contribution is -0.0684. The predicted molar refractivity (Wildman–Crippen MR) is 97.3 cm³/mol. The third-order valence-electron chi connectivity index (χ3n) is 4.92. The van der Waals surface area contributed by atoms with E-state index in [0.29, 0.717) is 6.54 Å². The summed E-state index contributed by atoms with van der Waals surface area (Å²) in [4.78, 5) is 15.5. The zero-order chi connectivity index (χ0) is 16.4. The van der Waals surface area contributed by atoms with E-state index in [1.54, 1.807) is 0 Å². The number of H-pyrrole nitrogens is 1. The second kappa shape index (κ2) is 6.69. The Kier molecular flexibility index (Phi) is 4.41. The van der Waals surface area contributed by atoms with Gasteiger partial charge in [-0.25, -0.2) is 4.79 Å². The average Bonchev–Trinajstić information content (AvgIpc) is 3.19. The Hall–Kier alpha value is -1.66. The molecule has 1 spiro atoms. The normalized spacial score (nSPS) is 26.8.